The van der Waals surface area contributed by atoms with Crippen molar-refractivity contribution < 1.29 is 14.0 Å². The van der Waals surface area contributed by atoms with Crippen molar-refractivity contribution in [2.75, 3.05) is 4.90 Å². The van der Waals surface area contributed by atoms with E-state index in [2.05, 4.69) is 0 Å². The Balaban J connectivity index is 3.16. The van der Waals surface area contributed by atoms with Crippen LogP contribution in [0.2, 0.25) is 0 Å². The first-order valence-electron chi connectivity index (χ1n) is 5.39. The van der Waals surface area contributed by atoms with Gasteiger partial charge in [0.2, 0.25) is 11.8 Å². The fraction of sp³-hybridized carbons (Fsp3) is 0.500. The van der Waals surface area contributed by atoms with E-state index < -0.39 is 5.91 Å². The number of hydrogen-bond donors (Lipinski definition) is 1. The summed E-state index contributed by atoms with van der Waals surface area (Å²) in [7, 11) is 0. The Kier molecular flexibility index (Phi) is 3.60. The van der Waals surface area contributed by atoms with Gasteiger partial charge >= 0.3 is 0 Å². The fourth-order valence-electron chi connectivity index (χ4n) is 1.83. The molecule has 0 saturated carbocycles. The molecule has 0 saturated heterocycles. The minimum absolute atomic E-state index is 0.0117. The molecule has 0 aromatic carbocycles. The normalized spacial score (nSPS) is 11.3. The summed E-state index contributed by atoms with van der Waals surface area (Å²) < 4.78 is 5.21. The zero-order valence-electron chi connectivity index (χ0n) is 10.6. The van der Waals surface area contributed by atoms with Crippen molar-refractivity contribution in [1.29, 1.82) is 0 Å². The summed E-state index contributed by atoms with van der Waals surface area (Å²) >= 11 is 0. The molecule has 0 aliphatic rings. The fourth-order valence-corrected chi connectivity index (χ4v) is 1.83. The molecule has 1 aromatic heterocycles. The van der Waals surface area contributed by atoms with Crippen molar-refractivity contribution in [3.05, 3.63) is 18.1 Å². The lowest BCUT2D eigenvalue weighted by molar-refractivity contribution is -0.118. The zero-order valence-corrected chi connectivity index (χ0v) is 10.6. The second-order valence-corrected chi connectivity index (χ2v) is 4.90. The molecule has 0 bridgehead atoms. The van der Waals surface area contributed by atoms with E-state index in [1.807, 2.05) is 20.8 Å². The van der Waals surface area contributed by atoms with Crippen LogP contribution in [-0.2, 0) is 16.0 Å². The maximum Gasteiger partial charge on any atom is 0.225 e. The van der Waals surface area contributed by atoms with Crippen LogP contribution in [0.25, 0.3) is 0 Å². The highest BCUT2D eigenvalue weighted by Crippen LogP contribution is 2.29. The molecular weight excluding hydrogens is 220 g/mol. The lowest BCUT2D eigenvalue weighted by atomic mass is 10.0. The van der Waals surface area contributed by atoms with E-state index >= 15 is 0 Å². The number of primary amides is 1. The molecule has 94 valence electrons. The largest absolute Gasteiger partial charge is 0.467 e. The van der Waals surface area contributed by atoms with Gasteiger partial charge in [0.05, 0.1) is 18.4 Å². The molecule has 0 fully saturated rings. The van der Waals surface area contributed by atoms with Crippen LogP contribution in [0.15, 0.2) is 16.7 Å². The van der Waals surface area contributed by atoms with Gasteiger partial charge in [-0.25, -0.2) is 0 Å². The van der Waals surface area contributed by atoms with E-state index in [4.69, 9.17) is 10.2 Å². The first-order chi connectivity index (χ1) is 7.73. The molecule has 1 heterocycles. The summed E-state index contributed by atoms with van der Waals surface area (Å²) in [5.41, 5.74) is 5.35. The Hall–Kier alpha value is -1.78. The van der Waals surface area contributed by atoms with Gasteiger partial charge in [-0.2, -0.15) is 0 Å². The Labute approximate surface area is 101 Å². The highest BCUT2D eigenvalue weighted by atomic mass is 16.3. The number of carbonyl (C=O) groups excluding carboxylic acids is 2. The molecule has 5 heteroatoms. The average molecular weight is 238 g/mol. The molecule has 5 nitrogen and oxygen atoms in total. The number of carbonyl (C=O) groups is 2. The number of amides is 2. The number of anilines is 1. The van der Waals surface area contributed by atoms with Crippen LogP contribution >= 0.6 is 0 Å². The van der Waals surface area contributed by atoms with E-state index in [1.165, 1.54) is 13.2 Å². The van der Waals surface area contributed by atoms with Gasteiger partial charge in [0.25, 0.3) is 0 Å². The summed E-state index contributed by atoms with van der Waals surface area (Å²) in [6.07, 6.45) is 1.44. The number of hydrogen-bond acceptors (Lipinski definition) is 3. The van der Waals surface area contributed by atoms with Crippen LogP contribution in [0.1, 0.15) is 33.5 Å². The minimum atomic E-state index is -0.487. The monoisotopic (exact) mass is 238 g/mol. The van der Waals surface area contributed by atoms with Crippen LogP contribution in [-0.4, -0.2) is 17.4 Å². The molecule has 0 unspecified atom stereocenters. The maximum atomic E-state index is 11.7. The van der Waals surface area contributed by atoms with Gasteiger partial charge < -0.3 is 15.1 Å². The third kappa shape index (κ3) is 3.09. The molecule has 2 N–H and O–H groups in total. The summed E-state index contributed by atoms with van der Waals surface area (Å²) in [5, 5.41) is 0. The number of nitrogens with zero attached hydrogens (tertiary/aromatic N) is 1. The van der Waals surface area contributed by atoms with Crippen LogP contribution in [0.3, 0.4) is 0 Å². The lowest BCUT2D eigenvalue weighted by Crippen LogP contribution is -2.45. The van der Waals surface area contributed by atoms with Crippen molar-refractivity contribution >= 4 is 17.5 Å². The van der Waals surface area contributed by atoms with Gasteiger partial charge in [0, 0.05) is 18.5 Å². The average Bonchev–Trinajstić information content (AvgIpc) is 2.48. The molecular formula is C12H18N2O3. The Morgan fingerprint density at radius 2 is 2.00 bits per heavy atom. The van der Waals surface area contributed by atoms with E-state index in [1.54, 1.807) is 11.0 Å². The first kappa shape index (κ1) is 13.3. The third-order valence-corrected chi connectivity index (χ3v) is 2.28. The molecule has 17 heavy (non-hydrogen) atoms. The van der Waals surface area contributed by atoms with Crippen molar-refractivity contribution in [1.82, 2.24) is 0 Å². The molecule has 0 aliphatic heterocycles. The molecule has 0 aliphatic carbocycles. The second-order valence-electron chi connectivity index (χ2n) is 4.90. The highest BCUT2D eigenvalue weighted by molar-refractivity contribution is 5.94. The quantitative estimate of drug-likeness (QED) is 0.866. The first-order valence-corrected chi connectivity index (χ1v) is 5.39. The van der Waals surface area contributed by atoms with E-state index in [0.29, 0.717) is 11.4 Å². The molecule has 1 rings (SSSR count). The van der Waals surface area contributed by atoms with E-state index in [9.17, 15) is 9.59 Å². The van der Waals surface area contributed by atoms with Gasteiger partial charge in [-0.05, 0) is 20.8 Å². The summed E-state index contributed by atoms with van der Waals surface area (Å²) in [5.74, 6) is -0.175. The van der Waals surface area contributed by atoms with Crippen molar-refractivity contribution in [3.8, 4) is 0 Å². The number of rotatable bonds is 3. The molecule has 2 amide bonds. The standard InChI is InChI=1S/C12H18N2O3/c1-8(15)14(12(2,3)4)9-5-6-17-10(9)7-11(13)16/h5-6H,7H2,1-4H3,(H2,13,16). The predicted molar refractivity (Wildman–Crippen MR) is 64.5 cm³/mol. The maximum absolute atomic E-state index is 11.7. The van der Waals surface area contributed by atoms with Crippen LogP contribution in [0, 0.1) is 0 Å². The smallest absolute Gasteiger partial charge is 0.225 e. The van der Waals surface area contributed by atoms with Gasteiger partial charge in [0.1, 0.15) is 5.76 Å². The molecule has 0 spiro atoms. The van der Waals surface area contributed by atoms with Crippen molar-refractivity contribution in [3.63, 3.8) is 0 Å². The Bertz CT molecular complexity index is 429. The van der Waals surface area contributed by atoms with Crippen LogP contribution in [0.5, 0.6) is 0 Å². The van der Waals surface area contributed by atoms with Gasteiger partial charge in [-0.1, -0.05) is 0 Å². The summed E-state index contributed by atoms with van der Waals surface area (Å²) in [4.78, 5) is 24.2. The number of nitrogens with two attached hydrogens (primary N) is 1. The third-order valence-electron chi connectivity index (χ3n) is 2.28. The second kappa shape index (κ2) is 4.61. The lowest BCUT2D eigenvalue weighted by Gasteiger charge is -2.34. The topological polar surface area (TPSA) is 76.5 Å². The Morgan fingerprint density at radius 1 is 1.41 bits per heavy atom. The Morgan fingerprint density at radius 3 is 2.41 bits per heavy atom. The summed E-state index contributed by atoms with van der Waals surface area (Å²) in [6, 6.07) is 1.67. The van der Waals surface area contributed by atoms with Gasteiger partial charge in [0.15, 0.2) is 0 Å². The predicted octanol–water partition coefficient (Wildman–Crippen LogP) is 1.46. The zero-order chi connectivity index (χ0) is 13.2. The number of furan rings is 1. The SMILES string of the molecule is CC(=O)N(c1ccoc1CC(N)=O)C(C)(C)C. The van der Waals surface area contributed by atoms with Crippen LogP contribution < -0.4 is 10.6 Å². The summed E-state index contributed by atoms with van der Waals surface area (Å²) in [6.45, 7) is 7.21. The van der Waals surface area contributed by atoms with E-state index in [-0.39, 0.29) is 17.9 Å². The van der Waals surface area contributed by atoms with Gasteiger partial charge in [-0.15, -0.1) is 0 Å². The highest BCUT2D eigenvalue weighted by Gasteiger charge is 2.29. The molecule has 1 aromatic rings. The van der Waals surface area contributed by atoms with Gasteiger partial charge in [-0.3, -0.25) is 9.59 Å². The van der Waals surface area contributed by atoms with Crippen molar-refractivity contribution in [2.45, 2.75) is 39.7 Å². The molecule has 0 atom stereocenters. The molecule has 0 radical (unpaired) electrons. The van der Waals surface area contributed by atoms with Crippen molar-refractivity contribution in [2.24, 2.45) is 5.73 Å². The minimum Gasteiger partial charge on any atom is -0.467 e. The van der Waals surface area contributed by atoms with Crippen LogP contribution in [0.4, 0.5) is 5.69 Å². The van der Waals surface area contributed by atoms with E-state index in [0.717, 1.165) is 0 Å².